The molecule has 0 saturated heterocycles. The monoisotopic (exact) mass is 627 g/mol. The van der Waals surface area contributed by atoms with Gasteiger partial charge in [0, 0.05) is 26.9 Å². The van der Waals surface area contributed by atoms with Gasteiger partial charge in [0.1, 0.15) is 5.70 Å². The third-order valence-corrected chi connectivity index (χ3v) is 7.65. The van der Waals surface area contributed by atoms with E-state index in [0.717, 1.165) is 4.90 Å². The van der Waals surface area contributed by atoms with Crippen LogP contribution in [0.2, 0.25) is 5.02 Å². The van der Waals surface area contributed by atoms with Gasteiger partial charge in [0.15, 0.2) is 0 Å². The van der Waals surface area contributed by atoms with Crippen molar-refractivity contribution >= 4 is 64.5 Å². The number of hydrogen-bond donors (Lipinski definition) is 3. The van der Waals surface area contributed by atoms with Gasteiger partial charge in [-0.05, 0) is 92.2 Å². The molecule has 0 aromatic heterocycles. The van der Waals surface area contributed by atoms with Crippen molar-refractivity contribution in [2.24, 2.45) is 0 Å². The van der Waals surface area contributed by atoms with Crippen LogP contribution in [-0.4, -0.2) is 35.5 Å². The van der Waals surface area contributed by atoms with Crippen molar-refractivity contribution < 1.29 is 23.9 Å². The molecule has 0 saturated carbocycles. The lowest BCUT2D eigenvalue weighted by Crippen LogP contribution is -2.30. The minimum absolute atomic E-state index is 0.0194. The van der Waals surface area contributed by atoms with E-state index in [-0.39, 0.29) is 18.2 Å². The molecule has 0 aliphatic rings. The fraction of sp³-hybridized carbons (Fsp3) is 0.118. The highest BCUT2D eigenvalue weighted by molar-refractivity contribution is 8.00. The normalized spacial score (nSPS) is 11.7. The average Bonchev–Trinajstić information content (AvgIpc) is 3.03. The van der Waals surface area contributed by atoms with Gasteiger partial charge in [0.25, 0.3) is 11.8 Å². The van der Waals surface area contributed by atoms with Gasteiger partial charge in [-0.25, -0.2) is 4.79 Å². The van der Waals surface area contributed by atoms with Crippen molar-refractivity contribution in [3.63, 3.8) is 0 Å². The molecule has 0 heterocycles. The fourth-order valence-corrected chi connectivity index (χ4v) is 4.97. The number of esters is 1. The number of amides is 3. The molecule has 0 spiro atoms. The number of ether oxygens (including phenoxy) is 1. The van der Waals surface area contributed by atoms with Crippen molar-refractivity contribution in [3.8, 4) is 0 Å². The number of thioether (sulfide) groups is 1. The maximum Gasteiger partial charge on any atom is 0.338 e. The number of benzene rings is 4. The predicted octanol–water partition coefficient (Wildman–Crippen LogP) is 7.05. The zero-order valence-corrected chi connectivity index (χ0v) is 25.6. The lowest BCUT2D eigenvalue weighted by atomic mass is 10.1. The highest BCUT2D eigenvalue weighted by atomic mass is 35.5. The molecule has 224 valence electrons. The maximum absolute atomic E-state index is 13.3. The number of carbonyl (C=O) groups is 4. The number of nitrogens with one attached hydrogen (secondary N) is 3. The standard InChI is InChI=1S/C34H30ClN3O5S/c1-3-43-34(42)24-13-15-26(16-14-24)36-31(39)22(2)44-28-19-17-27(18-20-28)37-33(41)30(21-25-11-7-8-12-29(25)35)38-32(40)23-9-5-4-6-10-23/h4-22H,3H2,1-2H3,(H,36,39)(H,37,41)(H,38,40)/b30-21-. The summed E-state index contributed by atoms with van der Waals surface area (Å²) >= 11 is 7.65. The Hall–Kier alpha value is -4.86. The van der Waals surface area contributed by atoms with E-state index in [1.54, 1.807) is 117 Å². The van der Waals surface area contributed by atoms with Crippen molar-refractivity contribution in [1.29, 1.82) is 0 Å². The Kier molecular flexibility index (Phi) is 11.3. The first kappa shape index (κ1) is 32.1. The van der Waals surface area contributed by atoms with Gasteiger partial charge in [-0.1, -0.05) is 48.0 Å². The van der Waals surface area contributed by atoms with Crippen LogP contribution in [0.15, 0.2) is 114 Å². The van der Waals surface area contributed by atoms with Crippen LogP contribution in [0.3, 0.4) is 0 Å². The molecule has 0 fully saturated rings. The van der Waals surface area contributed by atoms with Crippen molar-refractivity contribution in [2.45, 2.75) is 24.0 Å². The molecule has 4 rings (SSSR count). The average molecular weight is 628 g/mol. The number of carbonyl (C=O) groups excluding carboxylic acids is 4. The Labute approximate surface area is 264 Å². The van der Waals surface area contributed by atoms with Gasteiger partial charge in [-0.15, -0.1) is 11.8 Å². The lowest BCUT2D eigenvalue weighted by Gasteiger charge is -2.14. The van der Waals surface area contributed by atoms with Crippen LogP contribution in [0, 0.1) is 0 Å². The second-order valence-corrected chi connectivity index (χ2v) is 11.2. The van der Waals surface area contributed by atoms with Gasteiger partial charge in [0.2, 0.25) is 5.91 Å². The van der Waals surface area contributed by atoms with Gasteiger partial charge < -0.3 is 20.7 Å². The number of rotatable bonds is 11. The maximum atomic E-state index is 13.3. The molecule has 8 nitrogen and oxygen atoms in total. The molecular weight excluding hydrogens is 598 g/mol. The SMILES string of the molecule is CCOC(=O)c1ccc(NC(=O)C(C)Sc2ccc(NC(=O)/C(=C/c3ccccc3Cl)NC(=O)c3ccccc3)cc2)cc1. The minimum atomic E-state index is -0.531. The second kappa shape index (κ2) is 15.6. The molecular formula is C34H30ClN3O5S. The van der Waals surface area contributed by atoms with Crippen LogP contribution in [-0.2, 0) is 14.3 Å². The van der Waals surface area contributed by atoms with Crippen LogP contribution in [0.5, 0.6) is 0 Å². The summed E-state index contributed by atoms with van der Waals surface area (Å²) in [6.45, 7) is 3.80. The highest BCUT2D eigenvalue weighted by Crippen LogP contribution is 2.26. The Morgan fingerprint density at radius 2 is 1.41 bits per heavy atom. The summed E-state index contributed by atoms with van der Waals surface area (Å²) in [5.41, 5.74) is 2.46. The molecule has 4 aromatic carbocycles. The first-order chi connectivity index (χ1) is 21.2. The van der Waals surface area contributed by atoms with E-state index in [9.17, 15) is 19.2 Å². The smallest absolute Gasteiger partial charge is 0.338 e. The summed E-state index contributed by atoms with van der Waals surface area (Å²) in [5, 5.41) is 8.34. The first-order valence-electron chi connectivity index (χ1n) is 13.7. The van der Waals surface area contributed by atoms with Crippen molar-refractivity contribution in [2.75, 3.05) is 17.2 Å². The first-order valence-corrected chi connectivity index (χ1v) is 15.0. The third-order valence-electron chi connectivity index (χ3n) is 6.19. The zero-order valence-electron chi connectivity index (χ0n) is 24.0. The van der Waals surface area contributed by atoms with Gasteiger partial charge >= 0.3 is 5.97 Å². The van der Waals surface area contributed by atoms with Crippen LogP contribution in [0.25, 0.3) is 6.08 Å². The lowest BCUT2D eigenvalue weighted by molar-refractivity contribution is -0.115. The van der Waals surface area contributed by atoms with E-state index >= 15 is 0 Å². The van der Waals surface area contributed by atoms with Crippen LogP contribution < -0.4 is 16.0 Å². The van der Waals surface area contributed by atoms with E-state index in [4.69, 9.17) is 16.3 Å². The molecule has 0 radical (unpaired) electrons. The van der Waals surface area contributed by atoms with Gasteiger partial charge in [-0.3, -0.25) is 14.4 Å². The van der Waals surface area contributed by atoms with E-state index in [1.165, 1.54) is 17.8 Å². The molecule has 0 aliphatic heterocycles. The molecule has 3 N–H and O–H groups in total. The molecule has 0 bridgehead atoms. The summed E-state index contributed by atoms with van der Waals surface area (Å²) in [6, 6.07) is 29.1. The molecule has 0 aliphatic carbocycles. The number of halogens is 1. The second-order valence-electron chi connectivity index (χ2n) is 9.43. The van der Waals surface area contributed by atoms with E-state index in [1.807, 2.05) is 0 Å². The summed E-state index contributed by atoms with van der Waals surface area (Å²) in [5.74, 6) is -1.59. The largest absolute Gasteiger partial charge is 0.462 e. The molecule has 44 heavy (non-hydrogen) atoms. The molecule has 4 aromatic rings. The Morgan fingerprint density at radius 3 is 2.07 bits per heavy atom. The van der Waals surface area contributed by atoms with Crippen LogP contribution in [0.4, 0.5) is 11.4 Å². The predicted molar refractivity (Wildman–Crippen MR) is 175 cm³/mol. The van der Waals surface area contributed by atoms with Crippen molar-refractivity contribution in [3.05, 3.63) is 131 Å². The Bertz CT molecular complexity index is 1660. The summed E-state index contributed by atoms with van der Waals surface area (Å²) in [4.78, 5) is 51.5. The van der Waals surface area contributed by atoms with E-state index < -0.39 is 23.0 Å². The van der Waals surface area contributed by atoms with E-state index in [2.05, 4.69) is 16.0 Å². The number of hydrogen-bond acceptors (Lipinski definition) is 6. The van der Waals surface area contributed by atoms with E-state index in [0.29, 0.717) is 33.1 Å². The third kappa shape index (κ3) is 9.07. The number of anilines is 2. The molecule has 1 unspecified atom stereocenters. The van der Waals surface area contributed by atoms with Gasteiger partial charge in [-0.2, -0.15) is 0 Å². The molecule has 1 atom stereocenters. The molecule has 3 amide bonds. The zero-order chi connectivity index (χ0) is 31.5. The minimum Gasteiger partial charge on any atom is -0.462 e. The summed E-state index contributed by atoms with van der Waals surface area (Å²) < 4.78 is 4.98. The van der Waals surface area contributed by atoms with Crippen LogP contribution in [0.1, 0.15) is 40.1 Å². The molecule has 10 heteroatoms. The fourth-order valence-electron chi connectivity index (χ4n) is 3.91. The summed E-state index contributed by atoms with van der Waals surface area (Å²) in [6.07, 6.45) is 1.52. The quantitative estimate of drug-likeness (QED) is 0.0933. The van der Waals surface area contributed by atoms with Crippen LogP contribution >= 0.6 is 23.4 Å². The summed E-state index contributed by atoms with van der Waals surface area (Å²) in [7, 11) is 0. The van der Waals surface area contributed by atoms with Crippen molar-refractivity contribution in [1.82, 2.24) is 5.32 Å². The topological polar surface area (TPSA) is 114 Å². The highest BCUT2D eigenvalue weighted by Gasteiger charge is 2.17. The van der Waals surface area contributed by atoms with Gasteiger partial charge in [0.05, 0.1) is 17.4 Å². The Balaban J connectivity index is 1.39. The Morgan fingerprint density at radius 1 is 0.795 bits per heavy atom.